The molecule has 0 saturated heterocycles. The standard InChI is InChI=1S/C21H17ClN2O3/c1-25-18-6-3-2-5-14(18)21-24-17(12-16(23-24)20-7-4-10-26-20)15-11-13(22)8-9-19(15)27-21/h2-11,17,21H,12H2,1H3/t17-,21+/m0/s1. The summed E-state index contributed by atoms with van der Waals surface area (Å²) in [5.74, 6) is 2.35. The summed E-state index contributed by atoms with van der Waals surface area (Å²) in [4.78, 5) is 0. The Kier molecular flexibility index (Phi) is 3.83. The van der Waals surface area contributed by atoms with Gasteiger partial charge in [0.25, 0.3) is 0 Å². The first-order valence-electron chi connectivity index (χ1n) is 8.73. The van der Waals surface area contributed by atoms with E-state index < -0.39 is 6.23 Å². The van der Waals surface area contributed by atoms with Gasteiger partial charge in [0.15, 0.2) is 0 Å². The van der Waals surface area contributed by atoms with Crippen molar-refractivity contribution in [2.24, 2.45) is 5.10 Å². The highest BCUT2D eigenvalue weighted by Crippen LogP contribution is 2.49. The Balaban J connectivity index is 1.64. The lowest BCUT2D eigenvalue weighted by Gasteiger charge is -2.38. The summed E-state index contributed by atoms with van der Waals surface area (Å²) in [6, 6.07) is 17.4. The average Bonchev–Trinajstić information content (AvgIpc) is 3.37. The number of hydrogen-bond acceptors (Lipinski definition) is 5. The van der Waals surface area contributed by atoms with E-state index in [0.717, 1.165) is 40.5 Å². The number of hydrogen-bond donors (Lipinski definition) is 0. The summed E-state index contributed by atoms with van der Waals surface area (Å²) in [5, 5.41) is 7.51. The van der Waals surface area contributed by atoms with Gasteiger partial charge in [-0.05, 0) is 42.5 Å². The Bertz CT molecular complexity index is 1020. The zero-order valence-corrected chi connectivity index (χ0v) is 15.4. The van der Waals surface area contributed by atoms with Gasteiger partial charge < -0.3 is 13.9 Å². The van der Waals surface area contributed by atoms with E-state index in [9.17, 15) is 0 Å². The second-order valence-electron chi connectivity index (χ2n) is 6.52. The number of fused-ring (bicyclic) bond motifs is 3. The quantitative estimate of drug-likeness (QED) is 0.627. The third-order valence-corrected chi connectivity index (χ3v) is 5.20. The predicted octanol–water partition coefficient (Wildman–Crippen LogP) is 5.18. The van der Waals surface area contributed by atoms with Gasteiger partial charge >= 0.3 is 0 Å². The number of benzene rings is 2. The van der Waals surface area contributed by atoms with Gasteiger partial charge in [-0.15, -0.1) is 0 Å². The molecule has 2 aliphatic heterocycles. The van der Waals surface area contributed by atoms with Crippen molar-refractivity contribution >= 4 is 17.3 Å². The molecule has 2 aliphatic rings. The van der Waals surface area contributed by atoms with Crippen LogP contribution in [0.15, 0.2) is 70.4 Å². The third-order valence-electron chi connectivity index (χ3n) is 4.96. The normalized spacial score (nSPS) is 20.5. The van der Waals surface area contributed by atoms with Crippen molar-refractivity contribution < 1.29 is 13.9 Å². The van der Waals surface area contributed by atoms with Crippen LogP contribution >= 0.6 is 11.6 Å². The van der Waals surface area contributed by atoms with E-state index in [1.807, 2.05) is 59.6 Å². The van der Waals surface area contributed by atoms with Crippen LogP contribution < -0.4 is 9.47 Å². The number of rotatable bonds is 3. The van der Waals surface area contributed by atoms with Crippen molar-refractivity contribution in [2.45, 2.75) is 18.7 Å². The minimum Gasteiger partial charge on any atom is -0.496 e. The fraction of sp³-hybridized carbons (Fsp3) is 0.190. The maximum atomic E-state index is 6.34. The van der Waals surface area contributed by atoms with Crippen LogP contribution in [0.1, 0.15) is 35.6 Å². The van der Waals surface area contributed by atoms with Crippen molar-refractivity contribution in [1.29, 1.82) is 0 Å². The van der Waals surface area contributed by atoms with Crippen molar-refractivity contribution in [2.75, 3.05) is 7.11 Å². The molecule has 0 saturated carbocycles. The summed E-state index contributed by atoms with van der Waals surface area (Å²) < 4.78 is 17.5. The van der Waals surface area contributed by atoms with E-state index >= 15 is 0 Å². The first kappa shape index (κ1) is 16.3. The molecule has 0 bridgehead atoms. The summed E-state index contributed by atoms with van der Waals surface area (Å²) >= 11 is 6.25. The molecule has 5 rings (SSSR count). The van der Waals surface area contributed by atoms with E-state index in [4.69, 9.17) is 30.6 Å². The molecular formula is C21H17ClN2O3. The number of ether oxygens (including phenoxy) is 2. The molecule has 6 heteroatoms. The highest BCUT2D eigenvalue weighted by molar-refractivity contribution is 6.30. The molecule has 3 aromatic rings. The Hall–Kier alpha value is -2.92. The second kappa shape index (κ2) is 6.35. The molecule has 0 unspecified atom stereocenters. The molecular weight excluding hydrogens is 364 g/mol. The first-order valence-corrected chi connectivity index (χ1v) is 9.11. The molecule has 136 valence electrons. The molecule has 0 radical (unpaired) electrons. The smallest absolute Gasteiger partial charge is 0.217 e. The highest BCUT2D eigenvalue weighted by atomic mass is 35.5. The van der Waals surface area contributed by atoms with Crippen LogP contribution in [0.4, 0.5) is 0 Å². The molecule has 0 aliphatic carbocycles. The van der Waals surface area contributed by atoms with Gasteiger partial charge in [0.2, 0.25) is 6.23 Å². The molecule has 2 atom stereocenters. The van der Waals surface area contributed by atoms with E-state index in [1.54, 1.807) is 13.4 Å². The number of hydrazone groups is 1. The number of methoxy groups -OCH3 is 1. The topological polar surface area (TPSA) is 47.2 Å². The largest absolute Gasteiger partial charge is 0.496 e. The monoisotopic (exact) mass is 380 g/mol. The summed E-state index contributed by atoms with van der Waals surface area (Å²) in [5.41, 5.74) is 2.84. The van der Waals surface area contributed by atoms with E-state index in [0.29, 0.717) is 5.02 Å². The van der Waals surface area contributed by atoms with Gasteiger partial charge in [0.1, 0.15) is 23.0 Å². The Morgan fingerprint density at radius 3 is 2.81 bits per heavy atom. The second-order valence-corrected chi connectivity index (χ2v) is 6.95. The SMILES string of the molecule is COc1ccccc1[C@H]1Oc2ccc(Cl)cc2[C@@H]2CC(c3ccco3)=NN12. The minimum atomic E-state index is -0.396. The lowest BCUT2D eigenvalue weighted by Crippen LogP contribution is -2.33. The number of para-hydroxylation sites is 1. The lowest BCUT2D eigenvalue weighted by atomic mass is 9.97. The predicted molar refractivity (Wildman–Crippen MR) is 102 cm³/mol. The van der Waals surface area contributed by atoms with Gasteiger partial charge in [-0.25, -0.2) is 5.01 Å². The maximum Gasteiger partial charge on any atom is 0.217 e. The van der Waals surface area contributed by atoms with Crippen LogP contribution in [0.3, 0.4) is 0 Å². The Labute approximate surface area is 161 Å². The van der Waals surface area contributed by atoms with Gasteiger partial charge in [0.05, 0.1) is 25.0 Å². The van der Waals surface area contributed by atoms with Gasteiger partial charge in [-0.1, -0.05) is 23.7 Å². The average molecular weight is 381 g/mol. The summed E-state index contributed by atoms with van der Waals surface area (Å²) in [6.07, 6.45) is 1.98. The molecule has 0 spiro atoms. The first-order chi connectivity index (χ1) is 13.2. The highest BCUT2D eigenvalue weighted by Gasteiger charge is 2.42. The van der Waals surface area contributed by atoms with Crippen molar-refractivity contribution in [3.05, 3.63) is 82.8 Å². The fourth-order valence-electron chi connectivity index (χ4n) is 3.73. The van der Waals surface area contributed by atoms with E-state index in [-0.39, 0.29) is 6.04 Å². The van der Waals surface area contributed by atoms with Crippen LogP contribution in [0.2, 0.25) is 5.02 Å². The number of furan rings is 1. The minimum absolute atomic E-state index is 0.0162. The Morgan fingerprint density at radius 2 is 2.00 bits per heavy atom. The van der Waals surface area contributed by atoms with Crippen LogP contribution in [0.25, 0.3) is 0 Å². The van der Waals surface area contributed by atoms with Crippen molar-refractivity contribution in [3.63, 3.8) is 0 Å². The Morgan fingerprint density at radius 1 is 1.11 bits per heavy atom. The zero-order chi connectivity index (χ0) is 18.4. The van der Waals surface area contributed by atoms with Gasteiger partial charge in [0, 0.05) is 17.0 Å². The van der Waals surface area contributed by atoms with Crippen molar-refractivity contribution in [1.82, 2.24) is 5.01 Å². The van der Waals surface area contributed by atoms with Gasteiger partial charge in [-0.2, -0.15) is 5.10 Å². The van der Waals surface area contributed by atoms with Crippen LogP contribution in [0.5, 0.6) is 11.5 Å². The maximum absolute atomic E-state index is 6.34. The molecule has 0 amide bonds. The molecule has 3 heterocycles. The van der Waals surface area contributed by atoms with Crippen molar-refractivity contribution in [3.8, 4) is 11.5 Å². The van der Waals surface area contributed by atoms with Gasteiger partial charge in [-0.3, -0.25) is 0 Å². The summed E-state index contributed by atoms with van der Waals surface area (Å²) in [6.45, 7) is 0. The number of nitrogens with zero attached hydrogens (tertiary/aromatic N) is 2. The molecule has 0 fully saturated rings. The van der Waals surface area contributed by atoms with Crippen LogP contribution in [-0.4, -0.2) is 17.8 Å². The van der Waals surface area contributed by atoms with E-state index in [1.165, 1.54) is 0 Å². The summed E-state index contributed by atoms with van der Waals surface area (Å²) in [7, 11) is 1.66. The molecule has 1 aromatic heterocycles. The third kappa shape index (κ3) is 2.66. The van der Waals surface area contributed by atoms with E-state index in [2.05, 4.69) is 0 Å². The molecule has 5 nitrogen and oxygen atoms in total. The molecule has 2 aromatic carbocycles. The zero-order valence-electron chi connectivity index (χ0n) is 14.6. The fourth-order valence-corrected chi connectivity index (χ4v) is 3.91. The molecule has 27 heavy (non-hydrogen) atoms. The lowest BCUT2D eigenvalue weighted by molar-refractivity contribution is -0.0203. The van der Waals surface area contributed by atoms with Crippen LogP contribution in [0, 0.1) is 0 Å². The molecule has 0 N–H and O–H groups in total. The van der Waals surface area contributed by atoms with Crippen LogP contribution in [-0.2, 0) is 0 Å². The number of halogens is 1.